The van der Waals surface area contributed by atoms with Crippen LogP contribution in [0.25, 0.3) is 0 Å². The Bertz CT molecular complexity index is 492. The molecule has 1 saturated heterocycles. The molecule has 1 aromatic carbocycles. The molecule has 0 radical (unpaired) electrons. The molecule has 1 aliphatic heterocycles. The van der Waals surface area contributed by atoms with Crippen molar-refractivity contribution in [3.8, 4) is 6.07 Å². The number of rotatable bonds is 4. The van der Waals surface area contributed by atoms with Gasteiger partial charge in [0.05, 0.1) is 13.2 Å². The van der Waals surface area contributed by atoms with Crippen LogP contribution in [0.15, 0.2) is 30.3 Å². The van der Waals surface area contributed by atoms with Crippen molar-refractivity contribution in [3.05, 3.63) is 35.9 Å². The molecule has 0 N–H and O–H groups in total. The van der Waals surface area contributed by atoms with Gasteiger partial charge in [-0.05, 0) is 0 Å². The van der Waals surface area contributed by atoms with Gasteiger partial charge in [-0.15, -0.1) is 0 Å². The molecule has 1 aromatic rings. The van der Waals surface area contributed by atoms with Crippen LogP contribution in [0.4, 0.5) is 0 Å². The predicted octanol–water partition coefficient (Wildman–Crippen LogP) is 0.576. The van der Waals surface area contributed by atoms with Crippen LogP contribution in [-0.2, 0) is 9.63 Å². The number of benzene rings is 1. The molecule has 5 nitrogen and oxygen atoms in total. The molecule has 1 fully saturated rings. The van der Waals surface area contributed by atoms with Gasteiger partial charge in [-0.3, -0.25) is 9.59 Å². The largest absolute Gasteiger partial charge is 0.300 e. The number of Topliss-reactive ketones (excluding diaryl/α,β-unsaturated/α-hetero) is 2. The fourth-order valence-corrected chi connectivity index (χ4v) is 1.69. The van der Waals surface area contributed by atoms with Crippen LogP contribution in [-0.4, -0.2) is 35.8 Å². The van der Waals surface area contributed by atoms with Crippen LogP contribution < -0.4 is 0 Å². The Morgan fingerprint density at radius 3 is 2.47 bits per heavy atom. The number of hydroxylamine groups is 2. The second-order valence-electron chi connectivity index (χ2n) is 3.62. The Balaban J connectivity index is 2.13. The maximum Gasteiger partial charge on any atom is 0.230 e. The highest BCUT2D eigenvalue weighted by Crippen LogP contribution is 2.29. The summed E-state index contributed by atoms with van der Waals surface area (Å²) in [5, 5.41) is 9.96. The molecule has 1 heterocycles. The quantitative estimate of drug-likeness (QED) is 0.430. The highest BCUT2D eigenvalue weighted by Gasteiger charge is 2.56. The van der Waals surface area contributed by atoms with Gasteiger partial charge < -0.3 is 4.84 Å². The second kappa shape index (κ2) is 4.45. The maximum absolute atomic E-state index is 11.8. The van der Waals surface area contributed by atoms with Gasteiger partial charge in [0, 0.05) is 5.56 Å². The molecule has 3 atom stereocenters. The van der Waals surface area contributed by atoms with Crippen molar-refractivity contribution in [2.75, 3.05) is 7.11 Å². The van der Waals surface area contributed by atoms with E-state index in [1.807, 2.05) is 6.07 Å². The minimum Gasteiger partial charge on any atom is -0.300 e. The molecule has 0 aliphatic carbocycles. The van der Waals surface area contributed by atoms with Gasteiger partial charge in [0.15, 0.2) is 0 Å². The molecule has 0 amide bonds. The molecule has 0 aromatic heterocycles. The fourth-order valence-electron chi connectivity index (χ4n) is 1.69. The third kappa shape index (κ3) is 1.96. The summed E-state index contributed by atoms with van der Waals surface area (Å²) in [4.78, 5) is 28.5. The minimum absolute atomic E-state index is 0.331. The van der Waals surface area contributed by atoms with Gasteiger partial charge in [-0.2, -0.15) is 10.3 Å². The van der Waals surface area contributed by atoms with Crippen LogP contribution in [0.3, 0.4) is 0 Å². The summed E-state index contributed by atoms with van der Waals surface area (Å²) in [7, 11) is 1.37. The number of ketones is 2. The van der Waals surface area contributed by atoms with E-state index >= 15 is 0 Å². The zero-order chi connectivity index (χ0) is 12.4. The summed E-state index contributed by atoms with van der Waals surface area (Å²) in [6.07, 6.45) is 0. The Morgan fingerprint density at radius 2 is 2.00 bits per heavy atom. The van der Waals surface area contributed by atoms with Crippen LogP contribution in [0, 0.1) is 11.3 Å². The van der Waals surface area contributed by atoms with Gasteiger partial charge in [-0.25, -0.2) is 0 Å². The molecular weight excluding hydrogens is 220 g/mol. The number of carbonyl (C=O) groups is 2. The van der Waals surface area contributed by atoms with E-state index in [2.05, 4.69) is 0 Å². The first kappa shape index (κ1) is 11.5. The van der Waals surface area contributed by atoms with E-state index < -0.39 is 23.7 Å². The molecule has 3 unspecified atom stereocenters. The molecule has 0 bridgehead atoms. The molecule has 0 saturated carbocycles. The number of hydrogen-bond acceptors (Lipinski definition) is 5. The molecular formula is C12H10N2O3. The summed E-state index contributed by atoms with van der Waals surface area (Å²) in [6, 6.07) is 8.76. The van der Waals surface area contributed by atoms with E-state index in [9.17, 15) is 9.59 Å². The van der Waals surface area contributed by atoms with Gasteiger partial charge in [0.2, 0.25) is 11.6 Å². The molecule has 17 heavy (non-hydrogen) atoms. The Kier molecular flexibility index (Phi) is 3.00. The summed E-state index contributed by atoms with van der Waals surface area (Å²) in [6.45, 7) is 0. The highest BCUT2D eigenvalue weighted by atomic mass is 16.7. The van der Waals surface area contributed by atoms with Gasteiger partial charge in [0.1, 0.15) is 12.1 Å². The molecule has 0 spiro atoms. The van der Waals surface area contributed by atoms with E-state index in [1.54, 1.807) is 30.3 Å². The first-order valence-corrected chi connectivity index (χ1v) is 5.06. The van der Waals surface area contributed by atoms with Crippen LogP contribution in [0.2, 0.25) is 0 Å². The fraction of sp³-hybridized carbons (Fsp3) is 0.250. The zero-order valence-corrected chi connectivity index (χ0v) is 9.16. The lowest BCUT2D eigenvalue weighted by molar-refractivity contribution is -0.120. The van der Waals surface area contributed by atoms with Crippen LogP contribution in [0.5, 0.6) is 0 Å². The molecule has 1 aliphatic rings. The van der Waals surface area contributed by atoms with Crippen molar-refractivity contribution >= 4 is 11.6 Å². The predicted molar refractivity (Wildman–Crippen MR) is 57.8 cm³/mol. The standard InChI is InChI=1S/C12H10N2O3/c1-17-14-9(7-13)10(14)12(16)11(15)8-5-3-2-4-6-8/h2-6,9-10H,1H3. The van der Waals surface area contributed by atoms with Gasteiger partial charge >= 0.3 is 0 Å². The first-order valence-electron chi connectivity index (χ1n) is 5.06. The average molecular weight is 230 g/mol. The Hall–Kier alpha value is -2.03. The van der Waals surface area contributed by atoms with E-state index in [-0.39, 0.29) is 0 Å². The van der Waals surface area contributed by atoms with Crippen molar-refractivity contribution in [3.63, 3.8) is 0 Å². The van der Waals surface area contributed by atoms with E-state index in [0.29, 0.717) is 5.56 Å². The van der Waals surface area contributed by atoms with Crippen molar-refractivity contribution in [2.24, 2.45) is 0 Å². The summed E-state index contributed by atoms with van der Waals surface area (Å²) < 4.78 is 0. The monoisotopic (exact) mass is 230 g/mol. The normalized spacial score (nSPS) is 26.0. The third-order valence-electron chi connectivity index (χ3n) is 2.63. The molecule has 2 rings (SSSR count). The maximum atomic E-state index is 11.8. The third-order valence-corrected chi connectivity index (χ3v) is 2.63. The zero-order valence-electron chi connectivity index (χ0n) is 9.16. The number of hydrogen-bond donors (Lipinski definition) is 0. The lowest BCUT2D eigenvalue weighted by Crippen LogP contribution is -2.23. The minimum atomic E-state index is -0.766. The highest BCUT2D eigenvalue weighted by molar-refractivity contribution is 6.46. The van der Waals surface area contributed by atoms with Crippen LogP contribution in [0.1, 0.15) is 10.4 Å². The van der Waals surface area contributed by atoms with Crippen molar-refractivity contribution in [1.82, 2.24) is 5.06 Å². The van der Waals surface area contributed by atoms with Gasteiger partial charge in [-0.1, -0.05) is 30.3 Å². The second-order valence-corrected chi connectivity index (χ2v) is 3.62. The van der Waals surface area contributed by atoms with Crippen molar-refractivity contribution in [2.45, 2.75) is 12.1 Å². The number of carbonyl (C=O) groups excluding carboxylic acids is 2. The summed E-state index contributed by atoms with van der Waals surface area (Å²) in [5.41, 5.74) is 0.331. The summed E-state index contributed by atoms with van der Waals surface area (Å²) in [5.74, 6) is -1.19. The summed E-state index contributed by atoms with van der Waals surface area (Å²) >= 11 is 0. The Morgan fingerprint density at radius 1 is 1.35 bits per heavy atom. The van der Waals surface area contributed by atoms with E-state index in [1.165, 1.54) is 12.2 Å². The van der Waals surface area contributed by atoms with Crippen LogP contribution >= 0.6 is 0 Å². The Labute approximate surface area is 98.2 Å². The lowest BCUT2D eigenvalue weighted by Gasteiger charge is -1.99. The molecule has 5 heteroatoms. The SMILES string of the molecule is CON1C(C#N)C1C(=O)C(=O)c1ccccc1. The molecule has 86 valence electrons. The smallest absolute Gasteiger partial charge is 0.230 e. The van der Waals surface area contributed by atoms with E-state index in [0.717, 1.165) is 0 Å². The van der Waals surface area contributed by atoms with E-state index in [4.69, 9.17) is 10.1 Å². The van der Waals surface area contributed by atoms with Crippen molar-refractivity contribution in [1.29, 1.82) is 5.26 Å². The van der Waals surface area contributed by atoms with Crippen molar-refractivity contribution < 1.29 is 14.4 Å². The lowest BCUT2D eigenvalue weighted by atomic mass is 10.0. The average Bonchev–Trinajstić information content (AvgIpc) is 3.11. The number of nitriles is 1. The topological polar surface area (TPSA) is 70.2 Å². The van der Waals surface area contributed by atoms with Gasteiger partial charge in [0.25, 0.3) is 0 Å². The number of nitrogens with zero attached hydrogens (tertiary/aromatic N) is 2. The first-order chi connectivity index (χ1) is 8.20.